The summed E-state index contributed by atoms with van der Waals surface area (Å²) in [6.45, 7) is 0. The molecule has 9 aliphatic rings. The fourth-order valence-corrected chi connectivity index (χ4v) is 26.1. The molecule has 368 valence electrons. The molecule has 0 aromatic carbocycles. The third kappa shape index (κ3) is 14.4. The molecule has 1 heterocycles. The summed E-state index contributed by atoms with van der Waals surface area (Å²) in [6.07, 6.45) is 42.6. The number of hydrogen-bond acceptors (Lipinski definition) is 12. The second-order valence-corrected chi connectivity index (χ2v) is 29.7. The first-order valence-electron chi connectivity index (χ1n) is 27.5. The van der Waals surface area contributed by atoms with Gasteiger partial charge >= 0.3 is 30.6 Å². The van der Waals surface area contributed by atoms with Crippen LogP contribution in [-0.2, 0) is 36.2 Å². The minimum Gasteiger partial charge on any atom is -0.303 e. The predicted octanol–water partition coefficient (Wildman–Crippen LogP) is 18.6. The predicted molar refractivity (Wildman–Crippen MR) is 261 cm³/mol. The molecular weight excluding hydrogens is 884 g/mol. The quantitative estimate of drug-likeness (QED) is 0.140. The van der Waals surface area contributed by atoms with Crippen molar-refractivity contribution >= 4 is 30.6 Å². The van der Waals surface area contributed by atoms with Gasteiger partial charge in [-0.2, -0.15) is 0 Å². The molecule has 0 spiro atoms. The Morgan fingerprint density at radius 3 is 0.391 bits per heavy atom. The summed E-state index contributed by atoms with van der Waals surface area (Å²) in [5, 5.41) is 0. The maximum absolute atomic E-state index is 7.70. The Balaban J connectivity index is 1.33. The monoisotopic (exact) mass is 973 g/mol. The van der Waals surface area contributed by atoms with E-state index in [4.69, 9.17) is 54.3 Å². The Hall–Kier alpha value is 0.600. The maximum atomic E-state index is 7.70. The number of nitrogens with zero attached hydrogens (tertiary/aromatic N) is 4. The molecule has 0 aromatic heterocycles. The zero-order chi connectivity index (χ0) is 43.4. The van der Waals surface area contributed by atoms with Crippen LogP contribution in [0.2, 0.25) is 0 Å². The van der Waals surface area contributed by atoms with Crippen LogP contribution in [0.3, 0.4) is 0 Å². The van der Waals surface area contributed by atoms with E-state index in [0.717, 1.165) is 205 Å². The summed E-state index contributed by atoms with van der Waals surface area (Å²) in [5.74, 6) is 0. The lowest BCUT2D eigenvalue weighted by atomic mass is 9.98. The molecule has 9 rings (SSSR count). The van der Waals surface area contributed by atoms with E-state index in [1.807, 2.05) is 0 Å². The van der Waals surface area contributed by atoms with Gasteiger partial charge in [0, 0.05) is 0 Å². The molecule has 0 N–H and O–H groups in total. The van der Waals surface area contributed by atoms with E-state index in [9.17, 15) is 0 Å². The Labute approximate surface area is 389 Å². The van der Waals surface area contributed by atoms with E-state index < -0.39 is 30.6 Å². The highest BCUT2D eigenvalue weighted by Crippen LogP contribution is 2.83. The molecule has 0 bridgehead atoms. The standard InChI is InChI=1S/C48H88N4O8P4/c1-9-25-41(26-10-1)53-61(54-42-27-11-2-12-28-42)49-62(55-43-29-13-3-14-30-43,56-44-31-15-4-16-32-44)51-64(59-47-37-21-7-22-38-47,60-48-39-23-8-24-40-48)52-63(50-61,57-45-33-17-5-18-34-45)58-46-35-19-6-20-36-46/h41-48H,1-40H2. The molecule has 64 heavy (non-hydrogen) atoms. The van der Waals surface area contributed by atoms with Crippen molar-refractivity contribution in [1.29, 1.82) is 0 Å². The van der Waals surface area contributed by atoms with Crippen LogP contribution in [0.1, 0.15) is 257 Å². The van der Waals surface area contributed by atoms with Gasteiger partial charge in [-0.15, -0.1) is 18.1 Å². The lowest BCUT2D eigenvalue weighted by molar-refractivity contribution is 0.0820. The lowest BCUT2D eigenvalue weighted by Gasteiger charge is -2.41. The van der Waals surface area contributed by atoms with Gasteiger partial charge < -0.3 is 36.2 Å². The first-order valence-corrected chi connectivity index (χ1v) is 33.6. The zero-order valence-electron chi connectivity index (χ0n) is 39.7. The van der Waals surface area contributed by atoms with Crippen molar-refractivity contribution in [3.8, 4) is 0 Å². The molecule has 12 nitrogen and oxygen atoms in total. The molecule has 0 amide bonds. The van der Waals surface area contributed by atoms with Crippen LogP contribution in [0.25, 0.3) is 0 Å². The van der Waals surface area contributed by atoms with Crippen molar-refractivity contribution in [2.75, 3.05) is 0 Å². The summed E-state index contributed by atoms with van der Waals surface area (Å²) in [5.41, 5.74) is 0. The van der Waals surface area contributed by atoms with E-state index in [2.05, 4.69) is 0 Å². The summed E-state index contributed by atoms with van der Waals surface area (Å²) in [6, 6.07) is 0. The molecular formula is C48H88N4O8P4. The van der Waals surface area contributed by atoms with Crippen LogP contribution < -0.4 is 0 Å². The van der Waals surface area contributed by atoms with E-state index >= 15 is 0 Å². The molecule has 0 saturated heterocycles. The molecule has 0 unspecified atom stereocenters. The van der Waals surface area contributed by atoms with Gasteiger partial charge in [-0.3, -0.25) is 0 Å². The van der Waals surface area contributed by atoms with Crippen molar-refractivity contribution in [2.45, 2.75) is 306 Å². The average molecular weight is 973 g/mol. The fourth-order valence-electron chi connectivity index (χ4n) is 12.0. The van der Waals surface area contributed by atoms with Gasteiger partial charge in [0.25, 0.3) is 0 Å². The van der Waals surface area contributed by atoms with Gasteiger partial charge in [-0.1, -0.05) is 154 Å². The molecule has 0 aromatic rings. The Bertz CT molecular complexity index is 1300. The molecule has 8 fully saturated rings. The van der Waals surface area contributed by atoms with Crippen LogP contribution in [0.5, 0.6) is 0 Å². The second kappa shape index (κ2) is 24.6. The molecule has 16 heteroatoms. The van der Waals surface area contributed by atoms with Crippen LogP contribution >= 0.6 is 30.6 Å². The van der Waals surface area contributed by atoms with E-state index in [0.29, 0.717) is 0 Å². The van der Waals surface area contributed by atoms with Crippen molar-refractivity contribution in [3.05, 3.63) is 0 Å². The lowest BCUT2D eigenvalue weighted by Crippen LogP contribution is -2.24. The van der Waals surface area contributed by atoms with Gasteiger partial charge in [-0.05, 0) is 103 Å². The smallest absolute Gasteiger partial charge is 0.303 e. The molecule has 8 aliphatic carbocycles. The molecule has 1 aliphatic heterocycles. The fraction of sp³-hybridized carbons (Fsp3) is 1.00. The highest BCUT2D eigenvalue weighted by molar-refractivity contribution is 7.78. The highest BCUT2D eigenvalue weighted by Gasteiger charge is 2.50. The van der Waals surface area contributed by atoms with Crippen molar-refractivity contribution in [2.24, 2.45) is 18.1 Å². The van der Waals surface area contributed by atoms with E-state index in [-0.39, 0.29) is 48.8 Å². The first kappa shape index (κ1) is 49.6. The summed E-state index contributed by atoms with van der Waals surface area (Å²) < 4.78 is 86.0. The summed E-state index contributed by atoms with van der Waals surface area (Å²) in [4.78, 5) is 0. The topological polar surface area (TPSA) is 123 Å². The minimum atomic E-state index is -3.69. The van der Waals surface area contributed by atoms with Crippen LogP contribution in [0.4, 0.5) is 0 Å². The van der Waals surface area contributed by atoms with E-state index in [1.165, 1.54) is 51.4 Å². The summed E-state index contributed by atoms with van der Waals surface area (Å²) >= 11 is 0. The van der Waals surface area contributed by atoms with Crippen molar-refractivity contribution < 1.29 is 36.2 Å². The Kier molecular flexibility index (Phi) is 19.1. The van der Waals surface area contributed by atoms with E-state index in [1.54, 1.807) is 0 Å². The summed E-state index contributed by atoms with van der Waals surface area (Å²) in [7, 11) is -14.7. The van der Waals surface area contributed by atoms with Crippen molar-refractivity contribution in [1.82, 2.24) is 0 Å². The molecule has 8 saturated carbocycles. The van der Waals surface area contributed by atoms with Crippen LogP contribution in [-0.4, -0.2) is 48.8 Å². The normalized spacial score (nSPS) is 30.2. The minimum absolute atomic E-state index is 0.0494. The van der Waals surface area contributed by atoms with Crippen LogP contribution in [0, 0.1) is 0 Å². The third-order valence-corrected chi connectivity index (χ3v) is 27.4. The maximum Gasteiger partial charge on any atom is 0.349 e. The van der Waals surface area contributed by atoms with Gasteiger partial charge in [0.05, 0.1) is 48.8 Å². The van der Waals surface area contributed by atoms with Gasteiger partial charge in [0.2, 0.25) is 0 Å². The largest absolute Gasteiger partial charge is 0.349 e. The zero-order valence-corrected chi connectivity index (χ0v) is 43.3. The number of hydrogen-bond donors (Lipinski definition) is 0. The SMILES string of the molecule is C1CCC(OP2(OC3CCCCC3)=NP(OC3CCCCC3)(OC3CCCCC3)=NP(OC3CCCCC3)(OC3CCCCC3)=NP(OC3CCCCC3)(OC3CCCCC3)=N2)CC1. The average Bonchev–Trinajstić information content (AvgIpc) is 3.31. The second-order valence-electron chi connectivity index (χ2n) is 21.2. The molecule has 0 atom stereocenters. The van der Waals surface area contributed by atoms with Gasteiger partial charge in [-0.25, -0.2) is 0 Å². The highest BCUT2D eigenvalue weighted by atomic mass is 31.3. The Morgan fingerprint density at radius 2 is 0.281 bits per heavy atom. The first-order chi connectivity index (χ1) is 31.5. The third-order valence-electron chi connectivity index (χ3n) is 15.6. The van der Waals surface area contributed by atoms with Crippen LogP contribution in [0.15, 0.2) is 18.1 Å². The van der Waals surface area contributed by atoms with Crippen molar-refractivity contribution in [3.63, 3.8) is 0 Å². The van der Waals surface area contributed by atoms with Gasteiger partial charge in [0.15, 0.2) is 0 Å². The van der Waals surface area contributed by atoms with Gasteiger partial charge in [0.1, 0.15) is 0 Å². The molecule has 0 radical (unpaired) electrons. The number of rotatable bonds is 16. The Morgan fingerprint density at radius 1 is 0.172 bits per heavy atom.